The molecular weight excluding hydrogens is 202 g/mol. The van der Waals surface area contributed by atoms with Crippen molar-refractivity contribution in [3.8, 4) is 6.07 Å². The SMILES string of the molecule is CC(C)(CCO)CNc1ccnc(C#N)c1. The second kappa shape index (κ2) is 5.47. The van der Waals surface area contributed by atoms with Gasteiger partial charge in [0.2, 0.25) is 0 Å². The molecule has 2 N–H and O–H groups in total. The molecule has 1 rings (SSSR count). The van der Waals surface area contributed by atoms with Gasteiger partial charge in [-0.05, 0) is 24.0 Å². The second-order valence-corrected chi connectivity index (χ2v) is 4.53. The van der Waals surface area contributed by atoms with Crippen molar-refractivity contribution in [2.24, 2.45) is 5.41 Å². The lowest BCUT2D eigenvalue weighted by Gasteiger charge is -2.24. The predicted octanol–water partition coefficient (Wildman–Crippen LogP) is 1.77. The lowest BCUT2D eigenvalue weighted by Crippen LogP contribution is -2.24. The van der Waals surface area contributed by atoms with E-state index in [9.17, 15) is 0 Å². The van der Waals surface area contributed by atoms with Gasteiger partial charge in [-0.15, -0.1) is 0 Å². The Balaban J connectivity index is 2.58. The second-order valence-electron chi connectivity index (χ2n) is 4.53. The molecule has 0 radical (unpaired) electrons. The summed E-state index contributed by atoms with van der Waals surface area (Å²) in [6, 6.07) is 5.55. The van der Waals surface area contributed by atoms with Crippen molar-refractivity contribution < 1.29 is 5.11 Å². The van der Waals surface area contributed by atoms with Crippen LogP contribution in [-0.2, 0) is 0 Å². The Labute approximate surface area is 95.9 Å². The molecule has 4 nitrogen and oxygen atoms in total. The molecule has 0 fully saturated rings. The highest BCUT2D eigenvalue weighted by atomic mass is 16.3. The summed E-state index contributed by atoms with van der Waals surface area (Å²) in [4.78, 5) is 3.90. The van der Waals surface area contributed by atoms with Gasteiger partial charge in [0.05, 0.1) is 0 Å². The van der Waals surface area contributed by atoms with E-state index in [0.717, 1.165) is 18.7 Å². The topological polar surface area (TPSA) is 68.9 Å². The van der Waals surface area contributed by atoms with Gasteiger partial charge in [-0.2, -0.15) is 5.26 Å². The van der Waals surface area contributed by atoms with Crippen LogP contribution in [-0.4, -0.2) is 23.2 Å². The van der Waals surface area contributed by atoms with Gasteiger partial charge in [0.15, 0.2) is 0 Å². The molecule has 1 aromatic rings. The van der Waals surface area contributed by atoms with Crippen LogP contribution < -0.4 is 5.32 Å². The first-order chi connectivity index (χ1) is 7.57. The van der Waals surface area contributed by atoms with Crippen molar-refractivity contribution in [2.75, 3.05) is 18.5 Å². The van der Waals surface area contributed by atoms with Crippen molar-refractivity contribution in [3.05, 3.63) is 24.0 Å². The van der Waals surface area contributed by atoms with Crippen molar-refractivity contribution in [2.45, 2.75) is 20.3 Å². The summed E-state index contributed by atoms with van der Waals surface area (Å²) in [5.41, 5.74) is 1.33. The molecule has 0 spiro atoms. The Morgan fingerprint density at radius 2 is 2.31 bits per heavy atom. The third kappa shape index (κ3) is 3.87. The zero-order chi connectivity index (χ0) is 12.0. The Morgan fingerprint density at radius 1 is 1.56 bits per heavy atom. The summed E-state index contributed by atoms with van der Waals surface area (Å²) in [7, 11) is 0. The van der Waals surface area contributed by atoms with Crippen LogP contribution in [0.4, 0.5) is 5.69 Å². The van der Waals surface area contributed by atoms with E-state index in [-0.39, 0.29) is 12.0 Å². The molecule has 0 aromatic carbocycles. The molecule has 0 saturated carbocycles. The van der Waals surface area contributed by atoms with Crippen LogP contribution in [0, 0.1) is 16.7 Å². The van der Waals surface area contributed by atoms with E-state index < -0.39 is 0 Å². The van der Waals surface area contributed by atoms with Gasteiger partial charge in [-0.3, -0.25) is 0 Å². The van der Waals surface area contributed by atoms with Gasteiger partial charge in [-0.25, -0.2) is 4.98 Å². The number of rotatable bonds is 5. The van der Waals surface area contributed by atoms with Gasteiger partial charge >= 0.3 is 0 Å². The van der Waals surface area contributed by atoms with Crippen LogP contribution in [0.2, 0.25) is 0 Å². The first-order valence-electron chi connectivity index (χ1n) is 5.28. The van der Waals surface area contributed by atoms with E-state index >= 15 is 0 Å². The number of pyridine rings is 1. The number of anilines is 1. The maximum Gasteiger partial charge on any atom is 0.142 e. The van der Waals surface area contributed by atoms with Gasteiger partial charge in [-0.1, -0.05) is 13.8 Å². The van der Waals surface area contributed by atoms with E-state index in [1.54, 1.807) is 12.3 Å². The van der Waals surface area contributed by atoms with E-state index in [4.69, 9.17) is 10.4 Å². The van der Waals surface area contributed by atoms with Crippen molar-refractivity contribution in [1.29, 1.82) is 5.26 Å². The van der Waals surface area contributed by atoms with Crippen LogP contribution in [0.3, 0.4) is 0 Å². The number of hydrogen-bond acceptors (Lipinski definition) is 4. The average molecular weight is 219 g/mol. The quantitative estimate of drug-likeness (QED) is 0.792. The largest absolute Gasteiger partial charge is 0.396 e. The van der Waals surface area contributed by atoms with Crippen LogP contribution in [0.15, 0.2) is 18.3 Å². The maximum absolute atomic E-state index is 8.90. The van der Waals surface area contributed by atoms with Crippen molar-refractivity contribution in [3.63, 3.8) is 0 Å². The molecule has 4 heteroatoms. The highest BCUT2D eigenvalue weighted by Gasteiger charge is 2.16. The minimum absolute atomic E-state index is 0.0326. The first kappa shape index (κ1) is 12.5. The smallest absolute Gasteiger partial charge is 0.142 e. The van der Waals surface area contributed by atoms with Crippen molar-refractivity contribution >= 4 is 5.69 Å². The van der Waals surface area contributed by atoms with E-state index in [1.165, 1.54) is 0 Å². The molecule has 86 valence electrons. The summed E-state index contributed by atoms with van der Waals surface area (Å²) in [5.74, 6) is 0. The number of nitrogens with one attached hydrogen (secondary N) is 1. The highest BCUT2D eigenvalue weighted by Crippen LogP contribution is 2.20. The minimum atomic E-state index is 0.0326. The van der Waals surface area contributed by atoms with Gasteiger partial charge in [0.1, 0.15) is 11.8 Å². The lowest BCUT2D eigenvalue weighted by molar-refractivity contribution is 0.220. The van der Waals surface area contributed by atoms with E-state index in [0.29, 0.717) is 5.69 Å². The zero-order valence-corrected chi connectivity index (χ0v) is 9.70. The van der Waals surface area contributed by atoms with Crippen molar-refractivity contribution in [1.82, 2.24) is 4.98 Å². The van der Waals surface area contributed by atoms with Crippen LogP contribution in [0.5, 0.6) is 0 Å². The third-order valence-electron chi connectivity index (χ3n) is 2.43. The van der Waals surface area contributed by atoms with Gasteiger partial charge in [0, 0.05) is 25.0 Å². The molecule has 16 heavy (non-hydrogen) atoms. The maximum atomic E-state index is 8.90. The predicted molar refractivity (Wildman–Crippen MR) is 62.9 cm³/mol. The molecule has 0 aliphatic heterocycles. The normalized spacial score (nSPS) is 10.9. The third-order valence-corrected chi connectivity index (χ3v) is 2.43. The Kier molecular flexibility index (Phi) is 4.27. The fourth-order valence-electron chi connectivity index (χ4n) is 1.33. The fraction of sp³-hybridized carbons (Fsp3) is 0.500. The van der Waals surface area contributed by atoms with Crippen LogP contribution in [0.25, 0.3) is 0 Å². The van der Waals surface area contributed by atoms with Crippen LogP contribution >= 0.6 is 0 Å². The standard InChI is InChI=1S/C12H17N3O/c1-12(2,4-6-16)9-15-10-3-5-14-11(7-10)8-13/h3,5,7,16H,4,6,9H2,1-2H3,(H,14,15). The first-order valence-corrected chi connectivity index (χ1v) is 5.28. The molecule has 0 bridgehead atoms. The molecule has 0 aliphatic carbocycles. The van der Waals surface area contributed by atoms with E-state index in [2.05, 4.69) is 24.1 Å². The Morgan fingerprint density at radius 3 is 2.94 bits per heavy atom. The summed E-state index contributed by atoms with van der Waals surface area (Å²) in [6.07, 6.45) is 2.36. The summed E-state index contributed by atoms with van der Waals surface area (Å²) in [6.45, 7) is 5.11. The number of aliphatic hydroxyl groups excluding tert-OH is 1. The molecule has 1 aromatic heterocycles. The molecule has 0 saturated heterocycles. The molecular formula is C12H17N3O. The summed E-state index contributed by atoms with van der Waals surface area (Å²) < 4.78 is 0. The molecule has 0 unspecified atom stereocenters. The minimum Gasteiger partial charge on any atom is -0.396 e. The Hall–Kier alpha value is -1.60. The zero-order valence-electron chi connectivity index (χ0n) is 9.70. The van der Waals surface area contributed by atoms with Crippen LogP contribution in [0.1, 0.15) is 26.0 Å². The lowest BCUT2D eigenvalue weighted by atomic mass is 9.90. The molecule has 0 amide bonds. The highest BCUT2D eigenvalue weighted by molar-refractivity contribution is 5.45. The number of nitriles is 1. The van der Waals surface area contributed by atoms with Gasteiger partial charge in [0.25, 0.3) is 0 Å². The number of nitrogens with zero attached hydrogens (tertiary/aromatic N) is 2. The number of hydrogen-bond donors (Lipinski definition) is 2. The fourth-order valence-corrected chi connectivity index (χ4v) is 1.33. The molecule has 0 aliphatic rings. The summed E-state index contributed by atoms with van der Waals surface area (Å²) >= 11 is 0. The monoisotopic (exact) mass is 219 g/mol. The molecule has 1 heterocycles. The number of aliphatic hydroxyl groups is 1. The number of aromatic nitrogens is 1. The van der Waals surface area contributed by atoms with E-state index in [1.807, 2.05) is 12.1 Å². The Bertz CT molecular complexity index is 382. The molecule has 0 atom stereocenters. The average Bonchev–Trinajstić information content (AvgIpc) is 2.27. The van der Waals surface area contributed by atoms with Gasteiger partial charge < -0.3 is 10.4 Å². The summed E-state index contributed by atoms with van der Waals surface area (Å²) in [5, 5.41) is 20.8.